The van der Waals surface area contributed by atoms with Gasteiger partial charge in [0, 0.05) is 42.8 Å². The maximum Gasteiger partial charge on any atom is 0.294 e. The first kappa shape index (κ1) is 16.9. The number of hydrogen-bond donors (Lipinski definition) is 0. The van der Waals surface area contributed by atoms with Gasteiger partial charge in [-0.25, -0.2) is 0 Å². The highest BCUT2D eigenvalue weighted by Gasteiger charge is 2.37. The van der Waals surface area contributed by atoms with Gasteiger partial charge in [0.1, 0.15) is 6.54 Å². The van der Waals surface area contributed by atoms with Crippen molar-refractivity contribution in [3.05, 3.63) is 40.9 Å². The van der Waals surface area contributed by atoms with Crippen molar-refractivity contribution in [2.24, 2.45) is 7.05 Å². The normalized spacial score (nSPS) is 19.3. The Kier molecular flexibility index (Phi) is 4.32. The fourth-order valence-electron chi connectivity index (χ4n) is 3.47. The van der Waals surface area contributed by atoms with E-state index in [9.17, 15) is 14.4 Å². The number of fused-ring (bicyclic) bond motifs is 1. The van der Waals surface area contributed by atoms with Gasteiger partial charge in [0.2, 0.25) is 5.91 Å². The summed E-state index contributed by atoms with van der Waals surface area (Å²) in [6, 6.07) is 7.90. The Labute approximate surface area is 155 Å². The topological polar surface area (TPSA) is 62.6 Å². The summed E-state index contributed by atoms with van der Waals surface area (Å²) in [5.41, 5.74) is 1.95. The Hall–Kier alpha value is -2.54. The molecule has 1 aromatic heterocycles. The van der Waals surface area contributed by atoms with Crippen molar-refractivity contribution < 1.29 is 14.4 Å². The second kappa shape index (κ2) is 6.64. The number of imide groups is 1. The molecule has 0 aliphatic carbocycles. The predicted molar refractivity (Wildman–Crippen MR) is 101 cm³/mol. The second-order valence-electron chi connectivity index (χ2n) is 6.57. The van der Waals surface area contributed by atoms with Gasteiger partial charge in [-0.05, 0) is 36.7 Å². The van der Waals surface area contributed by atoms with Crippen molar-refractivity contribution in [2.75, 3.05) is 19.6 Å². The minimum absolute atomic E-state index is 0.156. The molecule has 3 amide bonds. The Balaban J connectivity index is 1.58. The molecule has 2 saturated heterocycles. The number of nitrogens with zero attached hydrogens (tertiary/aromatic N) is 3. The fourth-order valence-corrected chi connectivity index (χ4v) is 4.30. The maximum atomic E-state index is 12.7. The van der Waals surface area contributed by atoms with Gasteiger partial charge in [-0.3, -0.25) is 19.3 Å². The standard InChI is InChI=1S/C19H19N3O3S/c1-20-11-13(14-6-2-3-7-15(14)20)10-16-18(24)22(19(25)26-16)12-17(23)21-8-4-5-9-21/h2-3,6-7,10-11H,4-5,8-9,12H2,1H3. The number of amides is 3. The Morgan fingerprint density at radius 3 is 2.69 bits per heavy atom. The number of hydrogen-bond acceptors (Lipinski definition) is 4. The van der Waals surface area contributed by atoms with Crippen LogP contribution in [0.3, 0.4) is 0 Å². The zero-order valence-electron chi connectivity index (χ0n) is 14.5. The van der Waals surface area contributed by atoms with Gasteiger partial charge >= 0.3 is 0 Å². The van der Waals surface area contributed by atoms with Crippen molar-refractivity contribution >= 4 is 45.8 Å². The minimum atomic E-state index is -0.388. The quantitative estimate of drug-likeness (QED) is 0.781. The van der Waals surface area contributed by atoms with Gasteiger partial charge in [0.25, 0.3) is 11.1 Å². The molecule has 134 valence electrons. The van der Waals surface area contributed by atoms with Crippen LogP contribution in [0.1, 0.15) is 18.4 Å². The van der Waals surface area contributed by atoms with E-state index in [0.29, 0.717) is 18.0 Å². The van der Waals surface area contributed by atoms with Crippen molar-refractivity contribution in [1.29, 1.82) is 0 Å². The van der Waals surface area contributed by atoms with Gasteiger partial charge < -0.3 is 9.47 Å². The predicted octanol–water partition coefficient (Wildman–Crippen LogP) is 2.84. The van der Waals surface area contributed by atoms with E-state index >= 15 is 0 Å². The number of aryl methyl sites for hydroxylation is 1. The third-order valence-electron chi connectivity index (χ3n) is 4.84. The number of carbonyl (C=O) groups excluding carboxylic acids is 3. The summed E-state index contributed by atoms with van der Waals surface area (Å²) < 4.78 is 1.99. The van der Waals surface area contributed by atoms with Crippen LogP contribution in [0.4, 0.5) is 4.79 Å². The van der Waals surface area contributed by atoms with E-state index < -0.39 is 0 Å². The number of likely N-dealkylation sites (tertiary alicyclic amines) is 1. The summed E-state index contributed by atoms with van der Waals surface area (Å²) in [4.78, 5) is 40.3. The summed E-state index contributed by atoms with van der Waals surface area (Å²) in [5.74, 6) is -0.545. The lowest BCUT2D eigenvalue weighted by molar-refractivity contribution is -0.135. The molecule has 0 saturated carbocycles. The first-order chi connectivity index (χ1) is 12.5. The van der Waals surface area contributed by atoms with Crippen LogP contribution in [0, 0.1) is 0 Å². The van der Waals surface area contributed by atoms with Crippen LogP contribution in [-0.4, -0.2) is 51.1 Å². The van der Waals surface area contributed by atoms with E-state index in [1.807, 2.05) is 42.1 Å². The van der Waals surface area contributed by atoms with Gasteiger partial charge in [0.05, 0.1) is 4.91 Å². The molecule has 2 aliphatic rings. The molecule has 6 nitrogen and oxygen atoms in total. The molecule has 7 heteroatoms. The van der Waals surface area contributed by atoms with E-state index in [2.05, 4.69) is 0 Å². The molecular weight excluding hydrogens is 350 g/mol. The molecule has 0 unspecified atom stereocenters. The number of aromatic nitrogens is 1. The molecule has 4 rings (SSSR count). The molecule has 0 radical (unpaired) electrons. The van der Waals surface area contributed by atoms with Crippen LogP contribution >= 0.6 is 11.8 Å². The second-order valence-corrected chi connectivity index (χ2v) is 7.56. The van der Waals surface area contributed by atoms with E-state index in [0.717, 1.165) is 46.0 Å². The largest absolute Gasteiger partial charge is 0.350 e. The molecule has 0 bridgehead atoms. The molecule has 2 aromatic rings. The third-order valence-corrected chi connectivity index (χ3v) is 5.75. The first-order valence-electron chi connectivity index (χ1n) is 8.62. The number of carbonyl (C=O) groups is 3. The molecule has 0 spiro atoms. The Bertz CT molecular complexity index is 941. The van der Waals surface area contributed by atoms with Crippen molar-refractivity contribution in [2.45, 2.75) is 12.8 Å². The van der Waals surface area contributed by atoms with E-state index in [4.69, 9.17) is 0 Å². The molecule has 26 heavy (non-hydrogen) atoms. The summed E-state index contributed by atoms with van der Waals surface area (Å²) in [6.45, 7) is 1.25. The van der Waals surface area contributed by atoms with Gasteiger partial charge in [-0.1, -0.05) is 18.2 Å². The van der Waals surface area contributed by atoms with E-state index in [1.54, 1.807) is 11.0 Å². The first-order valence-corrected chi connectivity index (χ1v) is 9.43. The number of thioether (sulfide) groups is 1. The monoisotopic (exact) mass is 369 g/mol. The number of rotatable bonds is 3. The average molecular weight is 369 g/mol. The average Bonchev–Trinajstić information content (AvgIpc) is 3.33. The molecule has 2 aliphatic heterocycles. The van der Waals surface area contributed by atoms with Crippen LogP contribution in [0.2, 0.25) is 0 Å². The molecule has 2 fully saturated rings. The van der Waals surface area contributed by atoms with Gasteiger partial charge in [-0.2, -0.15) is 0 Å². The fraction of sp³-hybridized carbons (Fsp3) is 0.316. The highest BCUT2D eigenvalue weighted by molar-refractivity contribution is 8.18. The Morgan fingerprint density at radius 1 is 1.19 bits per heavy atom. The molecule has 0 atom stereocenters. The molecular formula is C19H19N3O3S. The van der Waals surface area contributed by atoms with E-state index in [-0.39, 0.29) is 23.6 Å². The number of benzene rings is 1. The zero-order valence-corrected chi connectivity index (χ0v) is 15.3. The highest BCUT2D eigenvalue weighted by Crippen LogP contribution is 2.34. The highest BCUT2D eigenvalue weighted by atomic mass is 32.2. The van der Waals surface area contributed by atoms with Crippen molar-refractivity contribution in [3.8, 4) is 0 Å². The lowest BCUT2D eigenvalue weighted by Crippen LogP contribution is -2.40. The van der Waals surface area contributed by atoms with Crippen LogP contribution in [0.25, 0.3) is 17.0 Å². The van der Waals surface area contributed by atoms with Crippen LogP contribution < -0.4 is 0 Å². The molecule has 1 aromatic carbocycles. The van der Waals surface area contributed by atoms with Gasteiger partial charge in [0.15, 0.2) is 0 Å². The Morgan fingerprint density at radius 2 is 1.92 bits per heavy atom. The SMILES string of the molecule is Cn1cc(C=C2SC(=O)N(CC(=O)N3CCCC3)C2=O)c2ccccc21. The maximum absolute atomic E-state index is 12.7. The zero-order chi connectivity index (χ0) is 18.3. The van der Waals surface area contributed by atoms with E-state index in [1.165, 1.54) is 0 Å². The molecule has 0 N–H and O–H groups in total. The third kappa shape index (κ3) is 2.92. The van der Waals surface area contributed by atoms with Crippen LogP contribution in [0.5, 0.6) is 0 Å². The summed E-state index contributed by atoms with van der Waals surface area (Å²) in [6.07, 6.45) is 5.64. The lowest BCUT2D eigenvalue weighted by atomic mass is 10.1. The van der Waals surface area contributed by atoms with Gasteiger partial charge in [-0.15, -0.1) is 0 Å². The number of para-hydroxylation sites is 1. The van der Waals surface area contributed by atoms with Crippen molar-refractivity contribution in [1.82, 2.24) is 14.4 Å². The summed E-state index contributed by atoms with van der Waals surface area (Å²) in [7, 11) is 1.94. The minimum Gasteiger partial charge on any atom is -0.350 e. The van der Waals surface area contributed by atoms with Crippen LogP contribution in [-0.2, 0) is 16.6 Å². The smallest absolute Gasteiger partial charge is 0.294 e. The lowest BCUT2D eigenvalue weighted by Gasteiger charge is -2.18. The van der Waals surface area contributed by atoms with Crippen LogP contribution in [0.15, 0.2) is 35.4 Å². The van der Waals surface area contributed by atoms with Crippen molar-refractivity contribution in [3.63, 3.8) is 0 Å². The molecule has 3 heterocycles. The summed E-state index contributed by atoms with van der Waals surface area (Å²) >= 11 is 0.898. The summed E-state index contributed by atoms with van der Waals surface area (Å²) in [5, 5.41) is 0.643.